The van der Waals surface area contributed by atoms with Crippen molar-refractivity contribution in [2.75, 3.05) is 0 Å². The van der Waals surface area contributed by atoms with E-state index in [-0.39, 0.29) is 11.0 Å². The molecule has 32 heavy (non-hydrogen) atoms. The van der Waals surface area contributed by atoms with Gasteiger partial charge in [-0.05, 0) is 74.2 Å². The van der Waals surface area contributed by atoms with Crippen molar-refractivity contribution in [2.24, 2.45) is 0 Å². The Balaban J connectivity index is 1.61. The standard InChI is InChI=1S/C29H24O2S/c1-18(19-8-10-20(11-9-19)28(30)31)21-12-13-26-25(16-21)24(14-15-29(26,2)3)27-23-7-5-4-6-22(23)17-32-27/h4-14,16-17H,1,15H2,2-3H3,(H,30,31). The molecule has 1 heterocycles. The van der Waals surface area contributed by atoms with Gasteiger partial charge in [-0.2, -0.15) is 0 Å². The minimum Gasteiger partial charge on any atom is -0.478 e. The van der Waals surface area contributed by atoms with Crippen LogP contribution in [0.4, 0.5) is 0 Å². The number of hydrogen-bond acceptors (Lipinski definition) is 2. The minimum atomic E-state index is -0.920. The first-order chi connectivity index (χ1) is 15.3. The van der Waals surface area contributed by atoms with Crippen LogP contribution in [0.1, 0.15) is 57.8 Å². The molecule has 3 heteroatoms. The zero-order valence-electron chi connectivity index (χ0n) is 18.2. The lowest BCUT2D eigenvalue weighted by Gasteiger charge is -2.32. The van der Waals surface area contributed by atoms with Gasteiger partial charge in [-0.1, -0.05) is 75.0 Å². The number of carboxylic acid groups (broad SMARTS) is 1. The van der Waals surface area contributed by atoms with Gasteiger partial charge in [0, 0.05) is 10.3 Å². The molecule has 158 valence electrons. The minimum absolute atomic E-state index is 0.0644. The van der Waals surface area contributed by atoms with Gasteiger partial charge in [0.05, 0.1) is 5.56 Å². The molecule has 1 aliphatic carbocycles. The Bertz CT molecular complexity index is 1400. The van der Waals surface area contributed by atoms with Gasteiger partial charge in [0.2, 0.25) is 0 Å². The molecular weight excluding hydrogens is 412 g/mol. The van der Waals surface area contributed by atoms with Crippen LogP contribution >= 0.6 is 11.3 Å². The highest BCUT2D eigenvalue weighted by Crippen LogP contribution is 2.45. The van der Waals surface area contributed by atoms with E-state index in [9.17, 15) is 9.90 Å². The maximum absolute atomic E-state index is 11.2. The summed E-state index contributed by atoms with van der Waals surface area (Å²) >= 11 is 1.80. The molecule has 0 unspecified atom stereocenters. The Morgan fingerprint density at radius 2 is 1.66 bits per heavy atom. The average Bonchev–Trinajstić information content (AvgIpc) is 3.22. The van der Waals surface area contributed by atoms with Gasteiger partial charge >= 0.3 is 5.97 Å². The zero-order chi connectivity index (χ0) is 22.5. The van der Waals surface area contributed by atoms with Crippen molar-refractivity contribution in [1.29, 1.82) is 0 Å². The molecule has 0 aliphatic heterocycles. The molecule has 4 aromatic rings. The van der Waals surface area contributed by atoms with Crippen molar-refractivity contribution in [1.82, 2.24) is 0 Å². The van der Waals surface area contributed by atoms with E-state index < -0.39 is 5.97 Å². The molecular formula is C29H24O2S. The first-order valence-electron chi connectivity index (χ1n) is 10.7. The molecule has 0 bridgehead atoms. The smallest absolute Gasteiger partial charge is 0.335 e. The molecule has 1 aromatic heterocycles. The van der Waals surface area contributed by atoms with Crippen LogP contribution < -0.4 is 0 Å². The second kappa shape index (κ2) is 7.61. The van der Waals surface area contributed by atoms with E-state index in [1.165, 1.54) is 32.3 Å². The normalized spacial score (nSPS) is 14.6. The molecule has 5 rings (SSSR count). The fourth-order valence-electron chi connectivity index (χ4n) is 4.52. The topological polar surface area (TPSA) is 37.3 Å². The number of carbonyl (C=O) groups is 1. The quantitative estimate of drug-likeness (QED) is 0.355. The highest BCUT2D eigenvalue weighted by atomic mass is 32.1. The lowest BCUT2D eigenvalue weighted by Crippen LogP contribution is -2.21. The Kier molecular flexibility index (Phi) is 4.87. The Morgan fingerprint density at radius 1 is 0.969 bits per heavy atom. The number of thiophene rings is 1. The molecule has 1 N–H and O–H groups in total. The second-order valence-electron chi connectivity index (χ2n) is 8.98. The van der Waals surface area contributed by atoms with Crippen molar-refractivity contribution in [3.05, 3.63) is 117 Å². The number of benzene rings is 3. The van der Waals surface area contributed by atoms with Crippen molar-refractivity contribution >= 4 is 39.2 Å². The fraction of sp³-hybridized carbons (Fsp3) is 0.138. The lowest BCUT2D eigenvalue weighted by molar-refractivity contribution is 0.0697. The largest absolute Gasteiger partial charge is 0.478 e. The maximum atomic E-state index is 11.2. The van der Waals surface area contributed by atoms with E-state index in [1.54, 1.807) is 23.5 Å². The summed E-state index contributed by atoms with van der Waals surface area (Å²) in [6, 6.07) is 22.1. The number of allylic oxidation sites excluding steroid dienone is 1. The molecule has 1 aliphatic rings. The van der Waals surface area contributed by atoms with Gasteiger partial charge in [0.1, 0.15) is 0 Å². The molecule has 0 spiro atoms. The number of carboxylic acids is 1. The van der Waals surface area contributed by atoms with E-state index >= 15 is 0 Å². The van der Waals surface area contributed by atoms with E-state index in [0.717, 1.165) is 23.1 Å². The summed E-state index contributed by atoms with van der Waals surface area (Å²) in [7, 11) is 0. The van der Waals surface area contributed by atoms with Gasteiger partial charge < -0.3 is 5.11 Å². The Morgan fingerprint density at radius 3 is 2.41 bits per heavy atom. The van der Waals surface area contributed by atoms with Crippen LogP contribution in [-0.4, -0.2) is 11.1 Å². The SMILES string of the molecule is C=C(c1ccc(C(=O)O)cc1)c1ccc2c(c1)C(c1scc3ccccc13)=CCC2(C)C. The summed E-state index contributed by atoms with van der Waals surface area (Å²) in [5, 5.41) is 14.0. The molecule has 0 amide bonds. The Hall–Kier alpha value is -3.43. The third-order valence-electron chi connectivity index (χ3n) is 6.44. The summed E-state index contributed by atoms with van der Waals surface area (Å²) < 4.78 is 0. The fourth-order valence-corrected chi connectivity index (χ4v) is 5.60. The van der Waals surface area contributed by atoms with E-state index in [4.69, 9.17) is 0 Å². The number of rotatable bonds is 4. The highest BCUT2D eigenvalue weighted by molar-refractivity contribution is 7.13. The van der Waals surface area contributed by atoms with Crippen LogP contribution in [0.25, 0.3) is 21.9 Å². The van der Waals surface area contributed by atoms with Gasteiger partial charge in [-0.25, -0.2) is 4.79 Å². The highest BCUT2D eigenvalue weighted by Gasteiger charge is 2.30. The first kappa shape index (κ1) is 20.5. The van der Waals surface area contributed by atoms with E-state index in [2.05, 4.69) is 74.3 Å². The summed E-state index contributed by atoms with van der Waals surface area (Å²) in [6.45, 7) is 8.92. The average molecular weight is 437 g/mol. The molecule has 0 atom stereocenters. The van der Waals surface area contributed by atoms with Crippen molar-refractivity contribution in [3.8, 4) is 0 Å². The molecule has 0 fully saturated rings. The van der Waals surface area contributed by atoms with Crippen molar-refractivity contribution < 1.29 is 9.90 Å². The third-order valence-corrected chi connectivity index (χ3v) is 7.49. The number of hydrogen-bond donors (Lipinski definition) is 1. The van der Waals surface area contributed by atoms with Crippen LogP contribution in [0.5, 0.6) is 0 Å². The molecule has 3 aromatic carbocycles. The number of aromatic carboxylic acids is 1. The van der Waals surface area contributed by atoms with Gasteiger partial charge in [-0.3, -0.25) is 0 Å². The summed E-state index contributed by atoms with van der Waals surface area (Å²) in [5.41, 5.74) is 7.12. The predicted octanol–water partition coefficient (Wildman–Crippen LogP) is 7.77. The zero-order valence-corrected chi connectivity index (χ0v) is 19.0. The van der Waals surface area contributed by atoms with Crippen LogP contribution in [0, 0.1) is 0 Å². The third kappa shape index (κ3) is 3.39. The predicted molar refractivity (Wildman–Crippen MR) is 135 cm³/mol. The van der Waals surface area contributed by atoms with Gasteiger partial charge in [-0.15, -0.1) is 11.3 Å². The van der Waals surface area contributed by atoms with Crippen molar-refractivity contribution in [3.63, 3.8) is 0 Å². The van der Waals surface area contributed by atoms with Crippen LogP contribution in [0.3, 0.4) is 0 Å². The summed E-state index contributed by atoms with van der Waals surface area (Å²) in [4.78, 5) is 12.5. The Labute approximate surface area is 192 Å². The molecule has 0 saturated heterocycles. The van der Waals surface area contributed by atoms with Crippen molar-refractivity contribution in [2.45, 2.75) is 25.7 Å². The lowest BCUT2D eigenvalue weighted by atomic mass is 9.72. The van der Waals surface area contributed by atoms with Crippen LogP contribution in [-0.2, 0) is 5.41 Å². The monoisotopic (exact) mass is 436 g/mol. The van der Waals surface area contributed by atoms with E-state index in [1.807, 2.05) is 12.1 Å². The first-order valence-corrected chi connectivity index (χ1v) is 11.6. The number of fused-ring (bicyclic) bond motifs is 2. The molecule has 0 radical (unpaired) electrons. The van der Waals surface area contributed by atoms with Crippen LogP contribution in [0.15, 0.2) is 84.8 Å². The van der Waals surface area contributed by atoms with Gasteiger partial charge in [0.25, 0.3) is 0 Å². The summed E-state index contributed by atoms with van der Waals surface area (Å²) in [5.74, 6) is -0.920. The van der Waals surface area contributed by atoms with Crippen LogP contribution in [0.2, 0.25) is 0 Å². The molecule has 0 saturated carbocycles. The maximum Gasteiger partial charge on any atom is 0.335 e. The van der Waals surface area contributed by atoms with Gasteiger partial charge in [0.15, 0.2) is 0 Å². The molecule has 2 nitrogen and oxygen atoms in total. The van der Waals surface area contributed by atoms with E-state index in [0.29, 0.717) is 0 Å². The summed E-state index contributed by atoms with van der Waals surface area (Å²) in [6.07, 6.45) is 3.38. The second-order valence-corrected chi connectivity index (χ2v) is 9.86.